The summed E-state index contributed by atoms with van der Waals surface area (Å²) in [5.74, 6) is 0.675. The average Bonchev–Trinajstić information content (AvgIpc) is 2.48. The first-order chi connectivity index (χ1) is 9.81. The van der Waals surface area contributed by atoms with Gasteiger partial charge in [-0.15, -0.1) is 0 Å². The molecule has 0 radical (unpaired) electrons. The molecule has 1 fully saturated rings. The molecule has 0 saturated carbocycles. The van der Waals surface area contributed by atoms with Crippen molar-refractivity contribution in [1.29, 1.82) is 0 Å². The van der Waals surface area contributed by atoms with E-state index in [9.17, 15) is 0 Å². The van der Waals surface area contributed by atoms with Gasteiger partial charge in [-0.25, -0.2) is 0 Å². The third-order valence-electron chi connectivity index (χ3n) is 3.91. The van der Waals surface area contributed by atoms with Crippen molar-refractivity contribution in [1.82, 2.24) is 10.3 Å². The SMILES string of the molecule is Cc1ccc2cc(CNCC3CCCOC3)ccc2n1. The van der Waals surface area contributed by atoms with E-state index < -0.39 is 0 Å². The average molecular weight is 270 g/mol. The molecule has 3 nitrogen and oxygen atoms in total. The van der Waals surface area contributed by atoms with E-state index in [1.165, 1.54) is 23.8 Å². The number of nitrogens with zero attached hydrogens (tertiary/aromatic N) is 1. The van der Waals surface area contributed by atoms with Gasteiger partial charge in [0.2, 0.25) is 0 Å². The molecular formula is C17H22N2O. The van der Waals surface area contributed by atoms with Gasteiger partial charge in [0.1, 0.15) is 0 Å². The Balaban J connectivity index is 1.58. The zero-order valence-electron chi connectivity index (χ0n) is 12.1. The smallest absolute Gasteiger partial charge is 0.0705 e. The first-order valence-corrected chi connectivity index (χ1v) is 7.46. The Morgan fingerprint density at radius 2 is 2.25 bits per heavy atom. The minimum atomic E-state index is 0.675. The summed E-state index contributed by atoms with van der Waals surface area (Å²) in [6.45, 7) is 5.84. The Morgan fingerprint density at radius 3 is 3.10 bits per heavy atom. The molecule has 20 heavy (non-hydrogen) atoms. The fraction of sp³-hybridized carbons (Fsp3) is 0.471. The Hall–Kier alpha value is -1.45. The number of ether oxygens (including phenoxy) is 1. The highest BCUT2D eigenvalue weighted by molar-refractivity contribution is 5.79. The number of rotatable bonds is 4. The van der Waals surface area contributed by atoms with Crippen molar-refractivity contribution in [3.63, 3.8) is 0 Å². The van der Waals surface area contributed by atoms with Gasteiger partial charge in [-0.1, -0.05) is 12.1 Å². The monoisotopic (exact) mass is 270 g/mol. The van der Waals surface area contributed by atoms with Gasteiger partial charge in [0.05, 0.1) is 12.1 Å². The summed E-state index contributed by atoms with van der Waals surface area (Å²) >= 11 is 0. The number of fused-ring (bicyclic) bond motifs is 1. The summed E-state index contributed by atoms with van der Waals surface area (Å²) in [5, 5.41) is 4.77. The van der Waals surface area contributed by atoms with Gasteiger partial charge >= 0.3 is 0 Å². The molecule has 1 aliphatic rings. The largest absolute Gasteiger partial charge is 0.381 e. The van der Waals surface area contributed by atoms with Crippen LogP contribution in [-0.4, -0.2) is 24.7 Å². The number of hydrogen-bond donors (Lipinski definition) is 1. The lowest BCUT2D eigenvalue weighted by molar-refractivity contribution is 0.0547. The van der Waals surface area contributed by atoms with Crippen LogP contribution in [0.25, 0.3) is 10.9 Å². The molecule has 2 aromatic rings. The van der Waals surface area contributed by atoms with Crippen molar-refractivity contribution in [3.05, 3.63) is 41.6 Å². The van der Waals surface area contributed by atoms with Crippen molar-refractivity contribution >= 4 is 10.9 Å². The Bertz CT molecular complexity index is 576. The van der Waals surface area contributed by atoms with Gasteiger partial charge in [-0.3, -0.25) is 4.98 Å². The molecule has 0 aliphatic carbocycles. The zero-order valence-corrected chi connectivity index (χ0v) is 12.1. The summed E-state index contributed by atoms with van der Waals surface area (Å²) in [5.41, 5.74) is 3.47. The second-order valence-corrected chi connectivity index (χ2v) is 5.69. The van der Waals surface area contributed by atoms with Crippen molar-refractivity contribution < 1.29 is 4.74 Å². The molecule has 0 spiro atoms. The van der Waals surface area contributed by atoms with Gasteiger partial charge in [-0.2, -0.15) is 0 Å². The van der Waals surface area contributed by atoms with Gasteiger partial charge < -0.3 is 10.1 Å². The Kier molecular flexibility index (Phi) is 4.28. The molecule has 2 heterocycles. The van der Waals surface area contributed by atoms with Crippen LogP contribution in [0.5, 0.6) is 0 Å². The molecule has 1 N–H and O–H groups in total. The zero-order chi connectivity index (χ0) is 13.8. The van der Waals surface area contributed by atoms with Crippen molar-refractivity contribution in [3.8, 4) is 0 Å². The maximum absolute atomic E-state index is 5.51. The Labute approximate surface area is 120 Å². The topological polar surface area (TPSA) is 34.1 Å². The normalized spacial score (nSPS) is 19.4. The summed E-state index contributed by atoms with van der Waals surface area (Å²) in [6, 6.07) is 10.7. The third kappa shape index (κ3) is 3.35. The fourth-order valence-electron chi connectivity index (χ4n) is 2.78. The van der Waals surface area contributed by atoms with E-state index in [1.807, 2.05) is 6.92 Å². The van der Waals surface area contributed by atoms with Crippen molar-refractivity contribution in [2.24, 2.45) is 5.92 Å². The maximum atomic E-state index is 5.51. The van der Waals surface area contributed by atoms with Crippen LogP contribution in [0.3, 0.4) is 0 Å². The molecule has 1 aromatic carbocycles. The molecule has 3 heteroatoms. The molecular weight excluding hydrogens is 248 g/mol. The van der Waals surface area contributed by atoms with Crippen LogP contribution in [0.15, 0.2) is 30.3 Å². The molecule has 1 saturated heterocycles. The molecule has 3 rings (SSSR count). The number of nitrogens with one attached hydrogen (secondary N) is 1. The second-order valence-electron chi connectivity index (χ2n) is 5.69. The number of aryl methyl sites for hydroxylation is 1. The van der Waals surface area contributed by atoms with E-state index in [-0.39, 0.29) is 0 Å². The van der Waals surface area contributed by atoms with E-state index in [0.717, 1.165) is 37.5 Å². The van der Waals surface area contributed by atoms with Crippen LogP contribution < -0.4 is 5.32 Å². The molecule has 106 valence electrons. The van der Waals surface area contributed by atoms with Crippen LogP contribution in [0.1, 0.15) is 24.1 Å². The van der Waals surface area contributed by atoms with Gasteiger partial charge in [0.25, 0.3) is 0 Å². The standard InChI is InChI=1S/C17H22N2O/c1-13-4-6-16-9-14(5-7-17(16)19-13)10-18-11-15-3-2-8-20-12-15/h4-7,9,15,18H,2-3,8,10-12H2,1H3. The lowest BCUT2D eigenvalue weighted by atomic mass is 10.0. The lowest BCUT2D eigenvalue weighted by Gasteiger charge is -2.22. The number of benzene rings is 1. The molecule has 0 bridgehead atoms. The molecule has 1 aliphatic heterocycles. The highest BCUT2D eigenvalue weighted by Crippen LogP contribution is 2.15. The van der Waals surface area contributed by atoms with Gasteiger partial charge in [0.15, 0.2) is 0 Å². The molecule has 1 atom stereocenters. The quantitative estimate of drug-likeness (QED) is 0.927. The predicted molar refractivity (Wildman–Crippen MR) is 81.7 cm³/mol. The van der Waals surface area contributed by atoms with Crippen LogP contribution in [-0.2, 0) is 11.3 Å². The van der Waals surface area contributed by atoms with E-state index in [1.54, 1.807) is 0 Å². The van der Waals surface area contributed by atoms with E-state index in [0.29, 0.717) is 5.92 Å². The number of aromatic nitrogens is 1. The first kappa shape index (κ1) is 13.5. The third-order valence-corrected chi connectivity index (χ3v) is 3.91. The van der Waals surface area contributed by atoms with Crippen LogP contribution in [0.4, 0.5) is 0 Å². The van der Waals surface area contributed by atoms with Crippen LogP contribution in [0.2, 0.25) is 0 Å². The molecule has 0 amide bonds. The highest BCUT2D eigenvalue weighted by atomic mass is 16.5. The van der Waals surface area contributed by atoms with Crippen molar-refractivity contribution in [2.45, 2.75) is 26.3 Å². The molecule has 1 aromatic heterocycles. The van der Waals surface area contributed by atoms with Crippen LogP contribution >= 0.6 is 0 Å². The van der Waals surface area contributed by atoms with Crippen LogP contribution in [0, 0.1) is 12.8 Å². The second kappa shape index (κ2) is 6.33. The number of pyridine rings is 1. The van der Waals surface area contributed by atoms with Gasteiger partial charge in [-0.05, 0) is 49.4 Å². The molecule has 1 unspecified atom stereocenters. The summed E-state index contributed by atoms with van der Waals surface area (Å²) in [4.78, 5) is 4.53. The van der Waals surface area contributed by atoms with E-state index in [2.05, 4.69) is 40.6 Å². The summed E-state index contributed by atoms with van der Waals surface area (Å²) in [6.07, 6.45) is 2.49. The predicted octanol–water partition coefficient (Wildman–Crippen LogP) is 3.06. The van der Waals surface area contributed by atoms with Crippen molar-refractivity contribution in [2.75, 3.05) is 19.8 Å². The number of hydrogen-bond acceptors (Lipinski definition) is 3. The minimum absolute atomic E-state index is 0.675. The minimum Gasteiger partial charge on any atom is -0.381 e. The van der Waals surface area contributed by atoms with Gasteiger partial charge in [0, 0.05) is 30.8 Å². The highest BCUT2D eigenvalue weighted by Gasteiger charge is 2.12. The lowest BCUT2D eigenvalue weighted by Crippen LogP contribution is -2.28. The summed E-state index contributed by atoms with van der Waals surface area (Å²) < 4.78 is 5.51. The maximum Gasteiger partial charge on any atom is 0.0705 e. The Morgan fingerprint density at radius 1 is 1.30 bits per heavy atom. The fourth-order valence-corrected chi connectivity index (χ4v) is 2.78. The van der Waals surface area contributed by atoms with E-state index in [4.69, 9.17) is 4.74 Å². The first-order valence-electron chi connectivity index (χ1n) is 7.46. The summed E-state index contributed by atoms with van der Waals surface area (Å²) in [7, 11) is 0. The van der Waals surface area contributed by atoms with E-state index >= 15 is 0 Å².